The number of benzene rings is 1. The smallest absolute Gasteiger partial charge is 0.229 e. The fraction of sp³-hybridized carbons (Fsp3) is 0.429. The number of hydrogen-bond donors (Lipinski definition) is 1. The summed E-state index contributed by atoms with van der Waals surface area (Å²) >= 11 is 0. The van der Waals surface area contributed by atoms with Crippen molar-refractivity contribution >= 4 is 0 Å². The Bertz CT molecular complexity index is 590. The quantitative estimate of drug-likeness (QED) is 0.918. The van der Waals surface area contributed by atoms with Gasteiger partial charge in [0.25, 0.3) is 0 Å². The molecule has 1 aliphatic rings. The molecule has 0 spiro atoms. The summed E-state index contributed by atoms with van der Waals surface area (Å²) in [5, 5.41) is 3.96. The van der Waals surface area contributed by atoms with Gasteiger partial charge in [0.2, 0.25) is 5.89 Å². The summed E-state index contributed by atoms with van der Waals surface area (Å²) in [5.41, 5.74) is 6.31. The zero-order chi connectivity index (χ0) is 13.5. The van der Waals surface area contributed by atoms with Gasteiger partial charge in [0.05, 0.1) is 5.54 Å². The normalized spacial score (nSPS) is 18.3. The van der Waals surface area contributed by atoms with Gasteiger partial charge < -0.3 is 10.3 Å². The summed E-state index contributed by atoms with van der Waals surface area (Å²) in [6.07, 6.45) is 2.67. The van der Waals surface area contributed by atoms with Gasteiger partial charge in [0.15, 0.2) is 5.82 Å². The minimum atomic E-state index is -0.759. The molecule has 0 bridgehead atoms. The third-order valence-corrected chi connectivity index (χ3v) is 3.34. The van der Waals surface area contributed by atoms with E-state index >= 15 is 0 Å². The average molecular weight is 261 g/mol. The molecular formula is C14H16FN3O. The molecule has 1 unspecified atom stereocenters. The molecule has 1 aromatic heterocycles. The van der Waals surface area contributed by atoms with E-state index in [9.17, 15) is 4.39 Å². The van der Waals surface area contributed by atoms with Crippen LogP contribution in [0.4, 0.5) is 4.39 Å². The number of rotatable bonds is 4. The van der Waals surface area contributed by atoms with Gasteiger partial charge in [-0.1, -0.05) is 17.3 Å². The first-order valence-corrected chi connectivity index (χ1v) is 6.42. The lowest BCUT2D eigenvalue weighted by atomic mass is 9.93. The highest BCUT2D eigenvalue weighted by atomic mass is 19.1. The van der Waals surface area contributed by atoms with Crippen LogP contribution < -0.4 is 5.73 Å². The highest BCUT2D eigenvalue weighted by Crippen LogP contribution is 2.39. The molecule has 2 aromatic rings. The highest BCUT2D eigenvalue weighted by Gasteiger charge is 2.33. The molecule has 1 fully saturated rings. The number of halogens is 1. The Morgan fingerprint density at radius 2 is 2.26 bits per heavy atom. The Morgan fingerprint density at radius 1 is 1.47 bits per heavy atom. The molecule has 1 atom stereocenters. The van der Waals surface area contributed by atoms with E-state index in [-0.39, 0.29) is 5.82 Å². The predicted molar refractivity (Wildman–Crippen MR) is 67.9 cm³/mol. The summed E-state index contributed by atoms with van der Waals surface area (Å²) in [5.74, 6) is 1.30. The maximum atomic E-state index is 13.2. The highest BCUT2D eigenvalue weighted by molar-refractivity contribution is 5.21. The molecule has 0 saturated heterocycles. The van der Waals surface area contributed by atoms with Gasteiger partial charge in [-0.05, 0) is 43.9 Å². The minimum absolute atomic E-state index is 0.264. The maximum absolute atomic E-state index is 13.2. The number of hydrogen-bond acceptors (Lipinski definition) is 4. The Kier molecular flexibility index (Phi) is 2.86. The third-order valence-electron chi connectivity index (χ3n) is 3.34. The first-order valence-electron chi connectivity index (χ1n) is 6.42. The molecule has 1 aromatic carbocycles. The van der Waals surface area contributed by atoms with Crippen LogP contribution in [0.1, 0.15) is 43.0 Å². The second-order valence-electron chi connectivity index (χ2n) is 5.45. The molecule has 0 radical (unpaired) electrons. The monoisotopic (exact) mass is 261 g/mol. The van der Waals surface area contributed by atoms with Crippen LogP contribution in [-0.4, -0.2) is 10.1 Å². The van der Waals surface area contributed by atoms with Crippen LogP contribution >= 0.6 is 0 Å². The van der Waals surface area contributed by atoms with E-state index in [2.05, 4.69) is 10.1 Å². The summed E-state index contributed by atoms with van der Waals surface area (Å²) < 4.78 is 18.4. The van der Waals surface area contributed by atoms with Crippen molar-refractivity contribution in [2.24, 2.45) is 5.73 Å². The van der Waals surface area contributed by atoms with Crippen molar-refractivity contribution in [3.05, 3.63) is 47.4 Å². The van der Waals surface area contributed by atoms with E-state index < -0.39 is 5.54 Å². The van der Waals surface area contributed by atoms with Crippen molar-refractivity contribution in [1.82, 2.24) is 10.1 Å². The summed E-state index contributed by atoms with van der Waals surface area (Å²) in [4.78, 5) is 4.37. The molecule has 19 heavy (non-hydrogen) atoms. The van der Waals surface area contributed by atoms with E-state index in [0.717, 1.165) is 18.4 Å². The molecule has 100 valence electrons. The number of nitrogens with zero attached hydrogens (tertiary/aromatic N) is 2. The standard InChI is InChI=1S/C14H16FN3O/c1-14(16,8-9-3-2-4-11(15)7-9)13-17-12(19-18-13)10-5-6-10/h2-4,7,10H,5-6,8,16H2,1H3. The van der Waals surface area contributed by atoms with Gasteiger partial charge in [-0.3, -0.25) is 0 Å². The van der Waals surface area contributed by atoms with Crippen molar-refractivity contribution in [2.45, 2.75) is 37.6 Å². The van der Waals surface area contributed by atoms with Gasteiger partial charge in [0.1, 0.15) is 5.82 Å². The van der Waals surface area contributed by atoms with Gasteiger partial charge in [-0.25, -0.2) is 4.39 Å². The number of nitrogens with two attached hydrogens (primary N) is 1. The lowest BCUT2D eigenvalue weighted by Crippen LogP contribution is -2.36. The fourth-order valence-corrected chi connectivity index (χ4v) is 2.11. The van der Waals surface area contributed by atoms with Crippen molar-refractivity contribution < 1.29 is 8.91 Å². The molecule has 0 amide bonds. The molecule has 0 aliphatic heterocycles. The zero-order valence-corrected chi connectivity index (χ0v) is 10.8. The van der Waals surface area contributed by atoms with Crippen LogP contribution in [0.3, 0.4) is 0 Å². The van der Waals surface area contributed by atoms with E-state index in [0.29, 0.717) is 24.1 Å². The largest absolute Gasteiger partial charge is 0.339 e. The summed E-state index contributed by atoms with van der Waals surface area (Å²) in [6.45, 7) is 1.83. The van der Waals surface area contributed by atoms with Gasteiger partial charge >= 0.3 is 0 Å². The zero-order valence-electron chi connectivity index (χ0n) is 10.8. The van der Waals surface area contributed by atoms with Crippen LogP contribution in [0.15, 0.2) is 28.8 Å². The van der Waals surface area contributed by atoms with Gasteiger partial charge in [-0.2, -0.15) is 4.98 Å². The molecule has 1 heterocycles. The summed E-state index contributed by atoms with van der Waals surface area (Å²) in [6, 6.07) is 6.41. The Labute approximate surface area is 110 Å². The van der Waals surface area contributed by atoms with Gasteiger partial charge in [0, 0.05) is 5.92 Å². The van der Waals surface area contributed by atoms with Crippen molar-refractivity contribution in [2.75, 3.05) is 0 Å². The molecule has 1 saturated carbocycles. The fourth-order valence-electron chi connectivity index (χ4n) is 2.11. The van der Waals surface area contributed by atoms with Crippen molar-refractivity contribution in [1.29, 1.82) is 0 Å². The lowest BCUT2D eigenvalue weighted by molar-refractivity contribution is 0.354. The topological polar surface area (TPSA) is 64.9 Å². The first-order chi connectivity index (χ1) is 9.04. The van der Waals surface area contributed by atoms with Crippen LogP contribution in [0.5, 0.6) is 0 Å². The van der Waals surface area contributed by atoms with Crippen LogP contribution in [-0.2, 0) is 12.0 Å². The lowest BCUT2D eigenvalue weighted by Gasteiger charge is -2.20. The number of aromatic nitrogens is 2. The predicted octanol–water partition coefficient (Wildman–Crippen LogP) is 2.50. The third kappa shape index (κ3) is 2.66. The molecular weight excluding hydrogens is 245 g/mol. The Hall–Kier alpha value is -1.75. The van der Waals surface area contributed by atoms with Crippen LogP contribution in [0.25, 0.3) is 0 Å². The first kappa shape index (κ1) is 12.3. The van der Waals surface area contributed by atoms with E-state index in [1.54, 1.807) is 6.07 Å². The molecule has 3 rings (SSSR count). The average Bonchev–Trinajstić information content (AvgIpc) is 3.06. The second-order valence-corrected chi connectivity index (χ2v) is 5.45. The van der Waals surface area contributed by atoms with E-state index in [1.165, 1.54) is 12.1 Å². The second kappa shape index (κ2) is 4.42. The molecule has 4 nitrogen and oxygen atoms in total. The maximum Gasteiger partial charge on any atom is 0.229 e. The Balaban J connectivity index is 1.80. The molecule has 1 aliphatic carbocycles. The van der Waals surface area contributed by atoms with Crippen molar-refractivity contribution in [3.8, 4) is 0 Å². The van der Waals surface area contributed by atoms with Gasteiger partial charge in [-0.15, -0.1) is 0 Å². The van der Waals surface area contributed by atoms with E-state index in [4.69, 9.17) is 10.3 Å². The van der Waals surface area contributed by atoms with Crippen LogP contribution in [0, 0.1) is 5.82 Å². The van der Waals surface area contributed by atoms with E-state index in [1.807, 2.05) is 13.0 Å². The summed E-state index contributed by atoms with van der Waals surface area (Å²) in [7, 11) is 0. The molecule has 2 N–H and O–H groups in total. The Morgan fingerprint density at radius 3 is 2.95 bits per heavy atom. The SMILES string of the molecule is CC(N)(Cc1cccc(F)c1)c1noc(C2CC2)n1. The minimum Gasteiger partial charge on any atom is -0.339 e. The van der Waals surface area contributed by atoms with Crippen LogP contribution in [0.2, 0.25) is 0 Å². The molecule has 5 heteroatoms. The van der Waals surface area contributed by atoms with Crippen molar-refractivity contribution in [3.63, 3.8) is 0 Å².